The van der Waals surface area contributed by atoms with Gasteiger partial charge in [0.15, 0.2) is 5.92 Å². The van der Waals surface area contributed by atoms with Crippen LogP contribution in [-0.2, 0) is 0 Å². The van der Waals surface area contributed by atoms with E-state index in [0.29, 0.717) is 13.1 Å². The summed E-state index contributed by atoms with van der Waals surface area (Å²) >= 11 is 0. The van der Waals surface area contributed by atoms with Crippen molar-refractivity contribution < 1.29 is 26.3 Å². The molecule has 0 radical (unpaired) electrons. The third-order valence-electron chi connectivity index (χ3n) is 2.97. The largest absolute Gasteiger partial charge is 0.400 e. The number of halogens is 6. The zero-order valence-corrected chi connectivity index (χ0v) is 9.24. The summed E-state index contributed by atoms with van der Waals surface area (Å²) in [7, 11) is 0. The molecule has 0 amide bonds. The first-order valence-corrected chi connectivity index (χ1v) is 5.57. The maximum Gasteiger partial charge on any atom is 0.400 e. The van der Waals surface area contributed by atoms with Crippen molar-refractivity contribution in [1.29, 1.82) is 0 Å². The average Bonchev–Trinajstić information content (AvgIpc) is 2.15. The van der Waals surface area contributed by atoms with Crippen LogP contribution < -0.4 is 0 Å². The molecule has 7 heteroatoms. The number of nitrogens with zero attached hydrogens (tertiary/aromatic N) is 1. The molecule has 1 nitrogen and oxygen atoms in total. The first kappa shape index (κ1) is 14.6. The number of likely N-dealkylation sites (tertiary alicyclic amines) is 1. The van der Waals surface area contributed by atoms with Crippen molar-refractivity contribution in [2.24, 2.45) is 5.92 Å². The van der Waals surface area contributed by atoms with E-state index in [1.807, 2.05) is 0 Å². The van der Waals surface area contributed by atoms with Crippen molar-refractivity contribution in [2.75, 3.05) is 19.6 Å². The van der Waals surface area contributed by atoms with Crippen LogP contribution in [0.2, 0.25) is 0 Å². The normalized spacial score (nSPS) is 19.9. The molecule has 0 spiro atoms. The molecule has 102 valence electrons. The third-order valence-corrected chi connectivity index (χ3v) is 2.97. The molecule has 1 saturated heterocycles. The minimum atomic E-state index is -5.20. The van der Waals surface area contributed by atoms with E-state index in [2.05, 4.69) is 0 Å². The predicted octanol–water partition coefficient (Wildman–Crippen LogP) is 3.60. The van der Waals surface area contributed by atoms with Gasteiger partial charge in [0.05, 0.1) is 0 Å². The van der Waals surface area contributed by atoms with Gasteiger partial charge in [-0.05, 0) is 38.9 Å². The van der Waals surface area contributed by atoms with Crippen LogP contribution in [0, 0.1) is 5.92 Å². The minimum absolute atomic E-state index is 0.135. The lowest BCUT2D eigenvalue weighted by Crippen LogP contribution is -2.40. The van der Waals surface area contributed by atoms with Crippen LogP contribution in [0.15, 0.2) is 0 Å². The molecule has 1 aliphatic heterocycles. The number of piperidine rings is 1. The summed E-state index contributed by atoms with van der Waals surface area (Å²) in [5.74, 6) is -3.20. The second-order valence-corrected chi connectivity index (χ2v) is 4.33. The summed E-state index contributed by atoms with van der Waals surface area (Å²) in [6, 6.07) is 0. The fourth-order valence-corrected chi connectivity index (χ4v) is 2.01. The van der Waals surface area contributed by atoms with Gasteiger partial charge in [-0.1, -0.05) is 6.42 Å². The van der Waals surface area contributed by atoms with Crippen molar-refractivity contribution in [2.45, 2.75) is 38.0 Å². The number of hydrogen-bond acceptors (Lipinski definition) is 1. The Kier molecular flexibility index (Phi) is 4.69. The van der Waals surface area contributed by atoms with E-state index in [0.717, 1.165) is 19.3 Å². The topological polar surface area (TPSA) is 3.24 Å². The lowest BCUT2D eigenvalue weighted by Gasteiger charge is -2.29. The highest BCUT2D eigenvalue weighted by Crippen LogP contribution is 2.41. The van der Waals surface area contributed by atoms with Gasteiger partial charge < -0.3 is 4.90 Å². The van der Waals surface area contributed by atoms with Crippen LogP contribution in [0.3, 0.4) is 0 Å². The molecule has 1 rings (SSSR count). The van der Waals surface area contributed by atoms with Crippen molar-refractivity contribution >= 4 is 0 Å². The second-order valence-electron chi connectivity index (χ2n) is 4.33. The zero-order chi connectivity index (χ0) is 13.1. The van der Waals surface area contributed by atoms with Crippen LogP contribution in [0.5, 0.6) is 0 Å². The molecule has 0 saturated carbocycles. The van der Waals surface area contributed by atoms with Crippen molar-refractivity contribution in [3.05, 3.63) is 0 Å². The average molecular weight is 263 g/mol. The fraction of sp³-hybridized carbons (Fsp3) is 1.00. The maximum absolute atomic E-state index is 12.2. The summed E-state index contributed by atoms with van der Waals surface area (Å²) in [5.41, 5.74) is 0. The van der Waals surface area contributed by atoms with E-state index in [1.54, 1.807) is 4.90 Å². The van der Waals surface area contributed by atoms with Crippen LogP contribution >= 0.6 is 0 Å². The summed E-state index contributed by atoms with van der Waals surface area (Å²) < 4.78 is 73.4. The van der Waals surface area contributed by atoms with E-state index in [4.69, 9.17) is 0 Å². The maximum atomic E-state index is 12.2. The minimum Gasteiger partial charge on any atom is -0.303 e. The Balaban J connectivity index is 2.49. The standard InChI is InChI=1S/C10H15F6N/c11-9(12,13)8(10(14,15)16)4-7-17-5-2-1-3-6-17/h8H,1-7H2. The highest BCUT2D eigenvalue weighted by molar-refractivity contribution is 4.77. The number of alkyl halides is 6. The van der Waals surface area contributed by atoms with E-state index in [9.17, 15) is 26.3 Å². The van der Waals surface area contributed by atoms with Crippen molar-refractivity contribution in [3.63, 3.8) is 0 Å². The molecule has 0 bridgehead atoms. The van der Waals surface area contributed by atoms with Gasteiger partial charge in [-0.2, -0.15) is 26.3 Å². The Morgan fingerprint density at radius 3 is 1.71 bits per heavy atom. The van der Waals surface area contributed by atoms with E-state index in [-0.39, 0.29) is 6.54 Å². The summed E-state index contributed by atoms with van der Waals surface area (Å²) in [5, 5.41) is 0. The summed E-state index contributed by atoms with van der Waals surface area (Å²) in [6.07, 6.45) is -8.60. The lowest BCUT2D eigenvalue weighted by atomic mass is 10.0. The van der Waals surface area contributed by atoms with Crippen molar-refractivity contribution in [3.8, 4) is 0 Å². The Labute approximate surface area is 95.8 Å². The smallest absolute Gasteiger partial charge is 0.303 e. The van der Waals surface area contributed by atoms with E-state index >= 15 is 0 Å². The molecule has 1 aliphatic rings. The Hall–Kier alpha value is -0.460. The fourth-order valence-electron chi connectivity index (χ4n) is 2.01. The second kappa shape index (κ2) is 5.46. The zero-order valence-electron chi connectivity index (χ0n) is 9.24. The van der Waals surface area contributed by atoms with Gasteiger partial charge in [0.2, 0.25) is 0 Å². The molecule has 0 atom stereocenters. The monoisotopic (exact) mass is 263 g/mol. The third kappa shape index (κ3) is 4.73. The van der Waals surface area contributed by atoms with Crippen LogP contribution in [0.25, 0.3) is 0 Å². The molecular weight excluding hydrogens is 248 g/mol. The SMILES string of the molecule is FC(F)(F)C(CCN1CCCCC1)C(F)(F)F. The molecule has 0 N–H and O–H groups in total. The van der Waals surface area contributed by atoms with E-state index in [1.165, 1.54) is 0 Å². The highest BCUT2D eigenvalue weighted by atomic mass is 19.4. The molecule has 1 heterocycles. The molecule has 0 aromatic carbocycles. The quantitative estimate of drug-likeness (QED) is 0.703. The van der Waals surface area contributed by atoms with Gasteiger partial charge in [-0.15, -0.1) is 0 Å². The number of hydrogen-bond donors (Lipinski definition) is 0. The molecule has 0 unspecified atom stereocenters. The Morgan fingerprint density at radius 1 is 0.824 bits per heavy atom. The van der Waals surface area contributed by atoms with Gasteiger partial charge in [0.25, 0.3) is 0 Å². The van der Waals surface area contributed by atoms with Gasteiger partial charge in [-0.25, -0.2) is 0 Å². The van der Waals surface area contributed by atoms with Gasteiger partial charge in [0, 0.05) is 0 Å². The summed E-state index contributed by atoms with van der Waals surface area (Å²) in [6.45, 7) is 1.06. The summed E-state index contributed by atoms with van der Waals surface area (Å²) in [4.78, 5) is 1.67. The van der Waals surface area contributed by atoms with Gasteiger partial charge in [0.1, 0.15) is 0 Å². The molecule has 1 fully saturated rings. The predicted molar refractivity (Wildman–Crippen MR) is 50.5 cm³/mol. The molecule has 17 heavy (non-hydrogen) atoms. The first-order valence-electron chi connectivity index (χ1n) is 5.57. The van der Waals surface area contributed by atoms with Gasteiger partial charge >= 0.3 is 12.4 Å². The molecule has 0 aromatic rings. The van der Waals surface area contributed by atoms with Gasteiger partial charge in [-0.3, -0.25) is 0 Å². The van der Waals surface area contributed by atoms with E-state index < -0.39 is 24.7 Å². The Bertz CT molecular complexity index is 214. The molecule has 0 aromatic heterocycles. The van der Waals surface area contributed by atoms with Crippen LogP contribution in [0.4, 0.5) is 26.3 Å². The lowest BCUT2D eigenvalue weighted by molar-refractivity contribution is -0.286. The van der Waals surface area contributed by atoms with Crippen LogP contribution in [-0.4, -0.2) is 36.9 Å². The molecular formula is C10H15F6N. The highest BCUT2D eigenvalue weighted by Gasteiger charge is 2.55. The molecule has 0 aliphatic carbocycles. The number of rotatable bonds is 3. The van der Waals surface area contributed by atoms with Crippen molar-refractivity contribution in [1.82, 2.24) is 4.90 Å². The van der Waals surface area contributed by atoms with Crippen LogP contribution in [0.1, 0.15) is 25.7 Å². The first-order chi connectivity index (χ1) is 7.71. The Morgan fingerprint density at radius 2 is 1.29 bits per heavy atom.